The molecule has 1 saturated heterocycles. The van der Waals surface area contributed by atoms with Gasteiger partial charge in [0.15, 0.2) is 0 Å². The number of ketones is 1. The van der Waals surface area contributed by atoms with Gasteiger partial charge in [-0.2, -0.15) is 0 Å². The Morgan fingerprint density at radius 3 is 2.35 bits per heavy atom. The predicted octanol–water partition coefficient (Wildman–Crippen LogP) is 2.69. The van der Waals surface area contributed by atoms with E-state index in [-0.39, 0.29) is 41.6 Å². The normalized spacial score (nSPS) is 21.8. The number of aliphatic carboxylic acids is 1. The van der Waals surface area contributed by atoms with Crippen LogP contribution < -0.4 is 11.2 Å². The molecular formula is C21H36N2O7S. The lowest BCUT2D eigenvalue weighted by atomic mass is 10.1. The summed E-state index contributed by atoms with van der Waals surface area (Å²) in [5, 5.41) is 8.01. The fraction of sp³-hybridized carbons (Fsp3) is 0.714. The van der Waals surface area contributed by atoms with Crippen molar-refractivity contribution >= 4 is 22.1 Å². The Hall–Kier alpha value is -1.91. The highest BCUT2D eigenvalue weighted by Gasteiger charge is 2.36. The number of rotatable bonds is 7. The van der Waals surface area contributed by atoms with Gasteiger partial charge in [0.2, 0.25) is 0 Å². The average Bonchev–Trinajstić information content (AvgIpc) is 2.98. The van der Waals surface area contributed by atoms with Gasteiger partial charge in [0.25, 0.3) is 5.56 Å². The van der Waals surface area contributed by atoms with Crippen molar-refractivity contribution in [1.29, 1.82) is 0 Å². The standard InChI is InChI=1S/C16H28N2O4S.C5H8O3/c1-11-9-12(10-21-23(5,6)16(2,3)4)22-14(11)18-8-7-13(19)17-15(18)20;1-4(6)2-3-5(7)8/h7-8,11-12,14H,9-10H2,1-6H3,(H,17,19,20);2-3H2,1H3,(H,7,8). The first-order valence-corrected chi connectivity index (χ1v) is 12.6. The topological polar surface area (TPSA) is 128 Å². The number of carbonyl (C=O) groups is 2. The molecular weight excluding hydrogens is 424 g/mol. The van der Waals surface area contributed by atoms with Crippen molar-refractivity contribution in [2.24, 2.45) is 5.92 Å². The lowest BCUT2D eigenvalue weighted by Gasteiger charge is -2.44. The van der Waals surface area contributed by atoms with Crippen molar-refractivity contribution in [1.82, 2.24) is 9.55 Å². The summed E-state index contributed by atoms with van der Waals surface area (Å²) in [5.41, 5.74) is -0.830. The third-order valence-electron chi connectivity index (χ3n) is 5.29. The Bertz CT molecular complexity index is 855. The molecule has 9 nitrogen and oxygen atoms in total. The minimum absolute atomic E-state index is 0.0389. The highest BCUT2D eigenvalue weighted by Crippen LogP contribution is 2.54. The maximum atomic E-state index is 11.9. The molecule has 1 aliphatic rings. The molecule has 0 bridgehead atoms. The Kier molecular flexibility index (Phi) is 9.71. The van der Waals surface area contributed by atoms with Gasteiger partial charge < -0.3 is 18.8 Å². The molecule has 0 amide bonds. The van der Waals surface area contributed by atoms with Gasteiger partial charge in [-0.3, -0.25) is 19.1 Å². The molecule has 3 atom stereocenters. The summed E-state index contributed by atoms with van der Waals surface area (Å²) >= 11 is 0. The third-order valence-corrected chi connectivity index (χ3v) is 8.97. The van der Waals surface area contributed by atoms with Crippen LogP contribution in [0.4, 0.5) is 0 Å². The van der Waals surface area contributed by atoms with Crippen LogP contribution in [-0.2, 0) is 18.5 Å². The van der Waals surface area contributed by atoms with Crippen LogP contribution >= 0.6 is 10.3 Å². The quantitative estimate of drug-likeness (QED) is 0.640. The number of carbonyl (C=O) groups excluding carboxylic acids is 1. The molecule has 2 heterocycles. The summed E-state index contributed by atoms with van der Waals surface area (Å²) in [6, 6.07) is 1.34. The van der Waals surface area contributed by atoms with Gasteiger partial charge in [-0.15, -0.1) is 10.3 Å². The summed E-state index contributed by atoms with van der Waals surface area (Å²) < 4.78 is 13.7. The van der Waals surface area contributed by atoms with Crippen LogP contribution in [0.25, 0.3) is 0 Å². The Labute approximate surface area is 184 Å². The molecule has 0 spiro atoms. The van der Waals surface area contributed by atoms with E-state index in [0.29, 0.717) is 6.61 Å². The summed E-state index contributed by atoms with van der Waals surface area (Å²) in [7, 11) is -1.19. The van der Waals surface area contributed by atoms with E-state index in [4.69, 9.17) is 14.0 Å². The number of carboxylic acid groups (broad SMARTS) is 1. The fourth-order valence-electron chi connectivity index (χ4n) is 2.70. The third kappa shape index (κ3) is 8.62. The van der Waals surface area contributed by atoms with E-state index in [9.17, 15) is 19.2 Å². The van der Waals surface area contributed by atoms with Crippen LogP contribution in [0.15, 0.2) is 21.9 Å². The van der Waals surface area contributed by atoms with Crippen molar-refractivity contribution in [3.05, 3.63) is 33.1 Å². The van der Waals surface area contributed by atoms with E-state index < -0.39 is 27.5 Å². The van der Waals surface area contributed by atoms with Gasteiger partial charge in [0.05, 0.1) is 19.1 Å². The minimum Gasteiger partial charge on any atom is -0.481 e. The van der Waals surface area contributed by atoms with Crippen LogP contribution in [0.3, 0.4) is 0 Å². The van der Waals surface area contributed by atoms with Crippen LogP contribution in [0.5, 0.6) is 0 Å². The average molecular weight is 461 g/mol. The maximum Gasteiger partial charge on any atom is 0.330 e. The highest BCUT2D eigenvalue weighted by molar-refractivity contribution is 8.29. The zero-order chi connectivity index (χ0) is 24.0. The molecule has 1 aromatic rings. The van der Waals surface area contributed by atoms with Crippen LogP contribution in [0.2, 0.25) is 0 Å². The lowest BCUT2D eigenvalue weighted by molar-refractivity contribution is -0.138. The number of hydrogen-bond acceptors (Lipinski definition) is 6. The van der Waals surface area contributed by atoms with Crippen LogP contribution in [0, 0.1) is 5.92 Å². The first kappa shape index (κ1) is 27.1. The predicted molar refractivity (Wildman–Crippen MR) is 122 cm³/mol. The van der Waals surface area contributed by atoms with Crippen molar-refractivity contribution < 1.29 is 23.6 Å². The van der Waals surface area contributed by atoms with E-state index in [1.54, 1.807) is 0 Å². The van der Waals surface area contributed by atoms with Gasteiger partial charge >= 0.3 is 11.7 Å². The molecule has 0 aliphatic carbocycles. The minimum atomic E-state index is -1.19. The number of nitrogens with zero attached hydrogens (tertiary/aromatic N) is 1. The van der Waals surface area contributed by atoms with Gasteiger partial charge in [0, 0.05) is 29.3 Å². The monoisotopic (exact) mass is 460 g/mol. The second kappa shape index (κ2) is 11.1. The molecule has 1 aliphatic heterocycles. The van der Waals surface area contributed by atoms with Crippen LogP contribution in [0.1, 0.15) is 60.1 Å². The molecule has 0 saturated carbocycles. The first-order valence-electron chi connectivity index (χ1n) is 10.2. The van der Waals surface area contributed by atoms with E-state index in [1.165, 1.54) is 23.8 Å². The van der Waals surface area contributed by atoms with Gasteiger partial charge in [-0.25, -0.2) is 4.79 Å². The summed E-state index contributed by atoms with van der Waals surface area (Å²) in [6.45, 7) is 10.5. The first-order chi connectivity index (χ1) is 14.1. The number of H-pyrrole nitrogens is 1. The van der Waals surface area contributed by atoms with Crippen molar-refractivity contribution in [3.8, 4) is 0 Å². The lowest BCUT2D eigenvalue weighted by Crippen LogP contribution is -2.33. The zero-order valence-corrected chi connectivity index (χ0v) is 20.3. The van der Waals surface area contributed by atoms with E-state index in [0.717, 1.165) is 6.42 Å². The largest absolute Gasteiger partial charge is 0.481 e. The number of nitrogens with one attached hydrogen (secondary N) is 1. The molecule has 178 valence electrons. The van der Waals surface area contributed by atoms with Crippen molar-refractivity contribution in [2.75, 3.05) is 19.1 Å². The molecule has 31 heavy (non-hydrogen) atoms. The molecule has 1 aromatic heterocycles. The Morgan fingerprint density at radius 2 is 1.90 bits per heavy atom. The number of aromatic amines is 1. The number of ether oxygens (including phenoxy) is 1. The SMILES string of the molecule is CC(=O)CCC(=O)O.CC1CC(COS(C)(C)C(C)(C)C)OC1n1ccc(=O)[nH]c1=O. The Morgan fingerprint density at radius 1 is 1.29 bits per heavy atom. The van der Waals surface area contributed by atoms with E-state index in [2.05, 4.69) is 38.3 Å². The van der Waals surface area contributed by atoms with E-state index in [1.807, 2.05) is 6.92 Å². The van der Waals surface area contributed by atoms with Crippen molar-refractivity contribution in [3.63, 3.8) is 0 Å². The summed E-state index contributed by atoms with van der Waals surface area (Å²) in [6.07, 6.45) is 6.35. The second-order valence-corrected chi connectivity index (χ2v) is 13.0. The smallest absolute Gasteiger partial charge is 0.330 e. The summed E-state index contributed by atoms with van der Waals surface area (Å²) in [4.78, 5) is 45.2. The molecule has 3 unspecified atom stereocenters. The number of carboxylic acids is 1. The molecule has 10 heteroatoms. The maximum absolute atomic E-state index is 11.9. The second-order valence-electron chi connectivity index (χ2n) is 9.10. The zero-order valence-electron chi connectivity index (χ0n) is 19.5. The van der Waals surface area contributed by atoms with Gasteiger partial charge in [0.1, 0.15) is 12.0 Å². The summed E-state index contributed by atoms with van der Waals surface area (Å²) in [5.74, 6) is -0.812. The fourth-order valence-corrected chi connectivity index (χ4v) is 3.54. The number of Topliss-reactive ketones (excluding diaryl/α,β-unsaturated/α-hetero) is 1. The number of hydrogen-bond donors (Lipinski definition) is 2. The number of aromatic nitrogens is 2. The molecule has 0 aromatic carbocycles. The van der Waals surface area contributed by atoms with Gasteiger partial charge in [-0.1, -0.05) is 27.7 Å². The van der Waals surface area contributed by atoms with Gasteiger partial charge in [-0.05, 0) is 25.9 Å². The molecule has 2 rings (SSSR count). The molecule has 1 fully saturated rings. The Balaban J connectivity index is 0.000000512. The molecule has 2 N–H and O–H groups in total. The molecule has 0 radical (unpaired) electrons. The highest BCUT2D eigenvalue weighted by atomic mass is 32.3. The van der Waals surface area contributed by atoms with E-state index >= 15 is 0 Å². The van der Waals surface area contributed by atoms with Crippen LogP contribution in [-0.4, -0.2) is 56.4 Å². The van der Waals surface area contributed by atoms with Crippen molar-refractivity contribution in [2.45, 2.75) is 71.0 Å².